The molecule has 0 spiro atoms. The molecule has 0 saturated heterocycles. The third-order valence-corrected chi connectivity index (χ3v) is 5.72. The molecule has 6 heteroatoms. The van der Waals surface area contributed by atoms with Crippen molar-refractivity contribution >= 4 is 52.1 Å². The van der Waals surface area contributed by atoms with E-state index in [1.165, 1.54) is 28.3 Å². The molecule has 1 heterocycles. The summed E-state index contributed by atoms with van der Waals surface area (Å²) in [6.45, 7) is 15.6. The number of para-hydroxylation sites is 1. The lowest BCUT2D eigenvalue weighted by molar-refractivity contribution is -0.114. The molecule has 0 aliphatic heterocycles. The summed E-state index contributed by atoms with van der Waals surface area (Å²) in [6.07, 6.45) is 2.67. The van der Waals surface area contributed by atoms with Gasteiger partial charge >= 0.3 is 0 Å². The Balaban J connectivity index is 0.000000561. The van der Waals surface area contributed by atoms with Crippen LogP contribution in [0.25, 0.3) is 22.5 Å². The van der Waals surface area contributed by atoms with Crippen LogP contribution in [0.4, 0.5) is 5.82 Å². The first kappa shape index (κ1) is 32.0. The topological polar surface area (TPSA) is 77.6 Å². The Bertz CT molecular complexity index is 1190. The van der Waals surface area contributed by atoms with Crippen LogP contribution in [-0.2, 0) is 16.0 Å². The van der Waals surface area contributed by atoms with Crippen LogP contribution in [0.1, 0.15) is 45.7 Å². The van der Waals surface area contributed by atoms with Gasteiger partial charge in [-0.2, -0.15) is 0 Å². The standard InChI is InChI=1S/C13H15NOS.C12H14N2.C2H6O.C2H6/c1-4-14-13(16-9-11(3)15)12-8-6-5-7-10(12)2;1-3-9-8(2)10-6-4-5-7-11(10)14-12(9)13;1-3-2;1-2/h4-8H,2,9H2,1,3H3;4-7H,3H2,1-2H3,(H2,13,14);1-2H3;1-2H3/b13-12+,14-4-;;;. The molecular formula is C29H41N3O2S. The highest BCUT2D eigenvalue weighted by Gasteiger charge is 2.07. The van der Waals surface area contributed by atoms with Gasteiger partial charge in [0, 0.05) is 31.0 Å². The maximum Gasteiger partial charge on any atom is 0.140 e. The predicted molar refractivity (Wildman–Crippen MR) is 156 cm³/mol. The molecule has 5 nitrogen and oxygen atoms in total. The number of aliphatic imine (C=N–C) groups is 1. The van der Waals surface area contributed by atoms with Gasteiger partial charge < -0.3 is 10.5 Å². The Hall–Kier alpha value is -2.96. The first-order valence-corrected chi connectivity index (χ1v) is 12.7. The molecule has 3 rings (SSSR count). The average molecular weight is 496 g/mol. The third kappa shape index (κ3) is 10.9. The first-order chi connectivity index (χ1) is 16.8. The summed E-state index contributed by atoms with van der Waals surface area (Å²) in [4.78, 5) is 19.6. The van der Waals surface area contributed by atoms with Crippen molar-refractivity contribution in [2.45, 2.75) is 48.0 Å². The number of nitrogen functional groups attached to an aromatic ring is 1. The Labute approximate surface area is 215 Å². The number of nitrogens with zero attached hydrogens (tertiary/aromatic N) is 2. The van der Waals surface area contributed by atoms with E-state index < -0.39 is 0 Å². The second kappa shape index (κ2) is 18.4. The zero-order chi connectivity index (χ0) is 26.8. The number of carbonyl (C=O) groups excluding carboxylic acids is 1. The fourth-order valence-corrected chi connectivity index (χ4v) is 3.96. The molecule has 0 radical (unpaired) electrons. The van der Waals surface area contributed by atoms with Gasteiger partial charge in [-0.05, 0) is 49.6 Å². The average Bonchev–Trinajstić information content (AvgIpc) is 2.85. The van der Waals surface area contributed by atoms with Gasteiger partial charge in [-0.3, -0.25) is 9.79 Å². The second-order valence-electron chi connectivity index (χ2n) is 7.22. The quantitative estimate of drug-likeness (QED) is 0.470. The Morgan fingerprint density at radius 3 is 2.26 bits per heavy atom. The second-order valence-corrected chi connectivity index (χ2v) is 8.18. The SMILES string of the molecule is C=c1cccc/c1=C(/N=C\C)SCC(C)=O.CC.CCc1c(N)nc2ccccc2c1C.COC. The minimum atomic E-state index is 0.148. The highest BCUT2D eigenvalue weighted by molar-refractivity contribution is 8.08. The van der Waals surface area contributed by atoms with E-state index in [1.54, 1.807) is 27.4 Å². The van der Waals surface area contributed by atoms with Gasteiger partial charge in [-0.25, -0.2) is 4.98 Å². The Kier molecular flexibility index (Phi) is 16.8. The number of carbonyl (C=O) groups is 1. The van der Waals surface area contributed by atoms with Crippen molar-refractivity contribution in [1.82, 2.24) is 4.98 Å². The maximum absolute atomic E-state index is 11.0. The summed E-state index contributed by atoms with van der Waals surface area (Å²) < 4.78 is 4.25. The lowest BCUT2D eigenvalue weighted by Crippen LogP contribution is -2.24. The molecule has 1 aromatic heterocycles. The molecule has 190 valence electrons. The number of ether oxygens (including phenoxy) is 1. The van der Waals surface area contributed by atoms with Crippen molar-refractivity contribution in [1.29, 1.82) is 0 Å². The van der Waals surface area contributed by atoms with Crippen LogP contribution in [-0.4, -0.2) is 37.0 Å². The number of thioether (sulfide) groups is 1. The number of hydrogen-bond donors (Lipinski definition) is 1. The number of anilines is 1. The highest BCUT2D eigenvalue weighted by atomic mass is 32.2. The lowest BCUT2D eigenvalue weighted by Gasteiger charge is -2.09. The van der Waals surface area contributed by atoms with Crippen molar-refractivity contribution in [3.05, 3.63) is 70.1 Å². The van der Waals surface area contributed by atoms with Crippen molar-refractivity contribution in [2.75, 3.05) is 25.7 Å². The van der Waals surface area contributed by atoms with Gasteiger partial charge in [-0.1, -0.05) is 81.6 Å². The summed E-state index contributed by atoms with van der Waals surface area (Å²) in [6, 6.07) is 15.9. The van der Waals surface area contributed by atoms with Gasteiger partial charge in [-0.15, -0.1) is 0 Å². The summed E-state index contributed by atoms with van der Waals surface area (Å²) in [5, 5.41) is 3.98. The van der Waals surface area contributed by atoms with Gasteiger partial charge in [0.05, 0.1) is 11.3 Å². The van der Waals surface area contributed by atoms with Gasteiger partial charge in [0.2, 0.25) is 0 Å². The number of ketones is 1. The molecule has 0 fully saturated rings. The molecule has 0 unspecified atom stereocenters. The maximum atomic E-state index is 11.0. The molecule has 2 aromatic carbocycles. The summed E-state index contributed by atoms with van der Waals surface area (Å²) in [5.74, 6) is 1.26. The summed E-state index contributed by atoms with van der Waals surface area (Å²) in [5.41, 5.74) is 9.30. The van der Waals surface area contributed by atoms with Crippen LogP contribution in [0.5, 0.6) is 0 Å². The van der Waals surface area contributed by atoms with Crippen LogP contribution in [0.15, 0.2) is 53.5 Å². The number of pyridine rings is 1. The van der Waals surface area contributed by atoms with Crippen molar-refractivity contribution in [2.24, 2.45) is 4.99 Å². The van der Waals surface area contributed by atoms with Gasteiger partial charge in [0.15, 0.2) is 0 Å². The zero-order valence-electron chi connectivity index (χ0n) is 22.5. The molecule has 2 N–H and O–H groups in total. The zero-order valence-corrected chi connectivity index (χ0v) is 23.3. The number of fused-ring (bicyclic) bond motifs is 1. The van der Waals surface area contributed by atoms with E-state index in [9.17, 15) is 4.79 Å². The third-order valence-electron chi connectivity index (χ3n) is 4.57. The molecule has 35 heavy (non-hydrogen) atoms. The summed E-state index contributed by atoms with van der Waals surface area (Å²) in [7, 11) is 3.25. The van der Waals surface area contributed by atoms with Crippen molar-refractivity contribution in [3.63, 3.8) is 0 Å². The molecule has 0 aliphatic rings. The number of nitrogens with two attached hydrogens (primary N) is 1. The largest absolute Gasteiger partial charge is 0.388 e. The molecule has 0 aliphatic carbocycles. The molecule has 3 aromatic rings. The number of hydrogen-bond acceptors (Lipinski definition) is 6. The van der Waals surface area contributed by atoms with Gasteiger partial charge in [0.1, 0.15) is 16.6 Å². The molecule has 0 atom stereocenters. The van der Waals surface area contributed by atoms with Crippen LogP contribution in [0.3, 0.4) is 0 Å². The summed E-state index contributed by atoms with van der Waals surface area (Å²) >= 11 is 1.45. The Morgan fingerprint density at radius 2 is 1.71 bits per heavy atom. The number of rotatable bonds is 5. The number of aryl methyl sites for hydroxylation is 1. The monoisotopic (exact) mass is 495 g/mol. The van der Waals surface area contributed by atoms with Crippen molar-refractivity contribution in [3.8, 4) is 0 Å². The Morgan fingerprint density at radius 1 is 1.14 bits per heavy atom. The lowest BCUT2D eigenvalue weighted by atomic mass is 10.0. The van der Waals surface area contributed by atoms with E-state index in [2.05, 4.69) is 41.2 Å². The molecule has 0 saturated carbocycles. The normalized spacial score (nSPS) is 10.9. The number of benzene rings is 2. The van der Waals surface area contributed by atoms with Crippen LogP contribution >= 0.6 is 11.8 Å². The molecular weight excluding hydrogens is 454 g/mol. The van der Waals surface area contributed by atoms with E-state index in [1.807, 2.05) is 63.2 Å². The highest BCUT2D eigenvalue weighted by Crippen LogP contribution is 2.24. The van der Waals surface area contributed by atoms with E-state index in [0.717, 1.165) is 27.4 Å². The van der Waals surface area contributed by atoms with E-state index in [-0.39, 0.29) is 5.78 Å². The minimum absolute atomic E-state index is 0.148. The molecule has 0 bridgehead atoms. The van der Waals surface area contributed by atoms with Gasteiger partial charge in [0.25, 0.3) is 0 Å². The first-order valence-electron chi connectivity index (χ1n) is 11.7. The molecule has 0 amide bonds. The predicted octanol–water partition coefficient (Wildman–Crippen LogP) is 5.55. The minimum Gasteiger partial charge on any atom is -0.388 e. The van der Waals surface area contributed by atoms with E-state index in [4.69, 9.17) is 5.73 Å². The number of Topliss-reactive ketones (excluding diaryl/α,β-unsaturated/α-hetero) is 1. The smallest absolute Gasteiger partial charge is 0.140 e. The van der Waals surface area contributed by atoms with E-state index >= 15 is 0 Å². The van der Waals surface area contributed by atoms with E-state index in [0.29, 0.717) is 11.6 Å². The van der Waals surface area contributed by atoms with Crippen molar-refractivity contribution < 1.29 is 9.53 Å². The van der Waals surface area contributed by atoms with Crippen LogP contribution in [0, 0.1) is 6.92 Å². The van der Waals surface area contributed by atoms with Crippen LogP contribution < -0.4 is 16.2 Å². The number of methoxy groups -OCH3 is 1. The number of aromatic nitrogens is 1. The fraction of sp³-hybridized carbons (Fsp3) is 0.345. The fourth-order valence-electron chi connectivity index (χ4n) is 3.09. The van der Waals surface area contributed by atoms with Crippen LogP contribution in [0.2, 0.25) is 0 Å².